The number of halogens is 3. The first-order valence-corrected chi connectivity index (χ1v) is 7.16. The SMILES string of the molecule is Cc1ccc(C(=O)Nc2nnc(C3CC3)n2C)cc1C(F)(F)F. The number of hydrogen-bond donors (Lipinski definition) is 1. The predicted octanol–water partition coefficient (Wildman–Crippen LogP) is 3.27. The Morgan fingerprint density at radius 1 is 1.30 bits per heavy atom. The van der Waals surface area contributed by atoms with E-state index in [1.54, 1.807) is 11.6 Å². The maximum atomic E-state index is 12.9. The normalized spacial score (nSPS) is 14.8. The third-order valence-corrected chi connectivity index (χ3v) is 3.88. The van der Waals surface area contributed by atoms with Crippen LogP contribution >= 0.6 is 0 Å². The van der Waals surface area contributed by atoms with Crippen molar-refractivity contribution >= 4 is 11.9 Å². The topological polar surface area (TPSA) is 59.8 Å². The smallest absolute Gasteiger partial charge is 0.300 e. The maximum absolute atomic E-state index is 12.9. The molecule has 1 fully saturated rings. The molecule has 1 aromatic heterocycles. The largest absolute Gasteiger partial charge is 0.416 e. The van der Waals surface area contributed by atoms with E-state index >= 15 is 0 Å². The Morgan fingerprint density at radius 3 is 2.61 bits per heavy atom. The lowest BCUT2D eigenvalue weighted by molar-refractivity contribution is -0.138. The van der Waals surface area contributed by atoms with E-state index in [-0.39, 0.29) is 17.1 Å². The number of nitrogens with one attached hydrogen (secondary N) is 1. The first-order valence-electron chi connectivity index (χ1n) is 7.16. The Balaban J connectivity index is 1.83. The summed E-state index contributed by atoms with van der Waals surface area (Å²) < 4.78 is 40.4. The Hall–Kier alpha value is -2.38. The van der Waals surface area contributed by atoms with Crippen molar-refractivity contribution in [2.24, 2.45) is 7.05 Å². The number of carbonyl (C=O) groups is 1. The summed E-state index contributed by atoms with van der Waals surface area (Å²) >= 11 is 0. The van der Waals surface area contributed by atoms with Gasteiger partial charge >= 0.3 is 6.18 Å². The maximum Gasteiger partial charge on any atom is 0.416 e. The zero-order valence-corrected chi connectivity index (χ0v) is 12.6. The molecule has 0 aliphatic heterocycles. The van der Waals surface area contributed by atoms with Gasteiger partial charge in [-0.1, -0.05) is 6.07 Å². The van der Waals surface area contributed by atoms with E-state index < -0.39 is 17.6 Å². The van der Waals surface area contributed by atoms with E-state index in [1.807, 2.05) is 0 Å². The van der Waals surface area contributed by atoms with Crippen LogP contribution in [0.5, 0.6) is 0 Å². The van der Waals surface area contributed by atoms with Crippen LogP contribution in [-0.4, -0.2) is 20.7 Å². The van der Waals surface area contributed by atoms with Crippen LogP contribution in [0.25, 0.3) is 0 Å². The number of alkyl halides is 3. The number of rotatable bonds is 3. The van der Waals surface area contributed by atoms with E-state index in [9.17, 15) is 18.0 Å². The molecule has 1 aliphatic rings. The van der Waals surface area contributed by atoms with Gasteiger partial charge in [-0.3, -0.25) is 14.7 Å². The fourth-order valence-corrected chi connectivity index (χ4v) is 2.39. The van der Waals surface area contributed by atoms with Crippen LogP contribution in [0.3, 0.4) is 0 Å². The first-order chi connectivity index (χ1) is 10.8. The Morgan fingerprint density at radius 2 is 2.00 bits per heavy atom. The summed E-state index contributed by atoms with van der Waals surface area (Å²) in [7, 11) is 1.72. The highest BCUT2D eigenvalue weighted by Gasteiger charge is 2.33. The lowest BCUT2D eigenvalue weighted by Crippen LogP contribution is -2.17. The number of amides is 1. The Labute approximate surface area is 130 Å². The molecular weight excluding hydrogens is 309 g/mol. The van der Waals surface area contributed by atoms with Crippen LogP contribution in [-0.2, 0) is 13.2 Å². The molecule has 3 rings (SSSR count). The van der Waals surface area contributed by atoms with Gasteiger partial charge in [-0.15, -0.1) is 10.2 Å². The van der Waals surface area contributed by atoms with Crippen molar-refractivity contribution in [3.63, 3.8) is 0 Å². The minimum atomic E-state index is -4.50. The number of aryl methyl sites for hydroxylation is 1. The molecule has 0 bridgehead atoms. The minimum absolute atomic E-state index is 0.0705. The number of benzene rings is 1. The third kappa shape index (κ3) is 3.06. The fraction of sp³-hybridized carbons (Fsp3) is 0.400. The molecule has 0 radical (unpaired) electrons. The molecule has 1 aliphatic carbocycles. The summed E-state index contributed by atoms with van der Waals surface area (Å²) in [6.45, 7) is 1.36. The van der Waals surface area contributed by atoms with Gasteiger partial charge in [-0.05, 0) is 37.5 Å². The zero-order chi connectivity index (χ0) is 16.8. The predicted molar refractivity (Wildman–Crippen MR) is 77.1 cm³/mol. The van der Waals surface area contributed by atoms with Crippen LogP contribution < -0.4 is 5.32 Å². The van der Waals surface area contributed by atoms with Gasteiger partial charge in [0.2, 0.25) is 5.95 Å². The summed E-state index contributed by atoms with van der Waals surface area (Å²) in [4.78, 5) is 12.2. The highest BCUT2D eigenvalue weighted by molar-refractivity contribution is 6.03. The second-order valence-electron chi connectivity index (χ2n) is 5.70. The molecular formula is C15H15F3N4O. The van der Waals surface area contributed by atoms with Crippen molar-refractivity contribution in [2.75, 3.05) is 5.32 Å². The lowest BCUT2D eigenvalue weighted by atomic mass is 10.0. The second-order valence-corrected chi connectivity index (χ2v) is 5.70. The van der Waals surface area contributed by atoms with Crippen molar-refractivity contribution in [2.45, 2.75) is 31.9 Å². The van der Waals surface area contributed by atoms with Gasteiger partial charge in [0.15, 0.2) is 0 Å². The van der Waals surface area contributed by atoms with E-state index in [1.165, 1.54) is 19.1 Å². The molecule has 0 saturated heterocycles. The quantitative estimate of drug-likeness (QED) is 0.942. The molecule has 2 aromatic rings. The molecule has 1 aromatic carbocycles. The van der Waals surface area contributed by atoms with Gasteiger partial charge in [0.25, 0.3) is 5.91 Å². The monoisotopic (exact) mass is 324 g/mol. The van der Waals surface area contributed by atoms with Gasteiger partial charge in [0, 0.05) is 18.5 Å². The summed E-state index contributed by atoms with van der Waals surface area (Å²) in [5, 5.41) is 10.4. The summed E-state index contributed by atoms with van der Waals surface area (Å²) in [6, 6.07) is 3.49. The molecule has 8 heteroatoms. The molecule has 5 nitrogen and oxygen atoms in total. The molecule has 1 amide bonds. The number of anilines is 1. The first kappa shape index (κ1) is 15.5. The molecule has 1 saturated carbocycles. The standard InChI is InChI=1S/C15H15F3N4O/c1-8-3-4-10(7-11(8)15(16,17)18)13(23)19-14-21-20-12(22(14)2)9-5-6-9/h3-4,7,9H,5-6H2,1-2H3,(H,19,21,23). The number of carbonyl (C=O) groups excluding carboxylic acids is 1. The van der Waals surface area contributed by atoms with Crippen molar-refractivity contribution in [1.82, 2.24) is 14.8 Å². The van der Waals surface area contributed by atoms with Crippen molar-refractivity contribution in [3.8, 4) is 0 Å². The van der Waals surface area contributed by atoms with E-state index in [2.05, 4.69) is 15.5 Å². The lowest BCUT2D eigenvalue weighted by Gasteiger charge is -2.12. The summed E-state index contributed by atoms with van der Waals surface area (Å²) in [6.07, 6.45) is -2.43. The zero-order valence-electron chi connectivity index (χ0n) is 12.6. The number of nitrogens with zero attached hydrogens (tertiary/aromatic N) is 3. The third-order valence-electron chi connectivity index (χ3n) is 3.88. The van der Waals surface area contributed by atoms with Gasteiger partial charge in [0.05, 0.1) is 5.56 Å². The molecule has 1 heterocycles. The fourth-order valence-electron chi connectivity index (χ4n) is 2.39. The van der Waals surface area contributed by atoms with Gasteiger partial charge < -0.3 is 0 Å². The minimum Gasteiger partial charge on any atom is -0.300 e. The van der Waals surface area contributed by atoms with Gasteiger partial charge in [-0.25, -0.2) is 0 Å². The van der Waals surface area contributed by atoms with Crippen LogP contribution in [0.1, 0.15) is 46.1 Å². The van der Waals surface area contributed by atoms with Crippen molar-refractivity contribution in [1.29, 1.82) is 0 Å². The average Bonchev–Trinajstić information content (AvgIpc) is 3.24. The molecule has 23 heavy (non-hydrogen) atoms. The van der Waals surface area contributed by atoms with Crippen LogP contribution in [0.4, 0.5) is 19.1 Å². The molecule has 122 valence electrons. The number of aromatic nitrogens is 3. The van der Waals surface area contributed by atoms with Gasteiger partial charge in [-0.2, -0.15) is 13.2 Å². The Kier molecular flexibility index (Phi) is 3.62. The van der Waals surface area contributed by atoms with Crippen molar-refractivity contribution in [3.05, 3.63) is 40.7 Å². The van der Waals surface area contributed by atoms with Crippen LogP contribution in [0.2, 0.25) is 0 Å². The number of hydrogen-bond acceptors (Lipinski definition) is 3. The van der Waals surface area contributed by atoms with E-state index in [0.717, 1.165) is 24.7 Å². The van der Waals surface area contributed by atoms with E-state index in [4.69, 9.17) is 0 Å². The van der Waals surface area contributed by atoms with Crippen molar-refractivity contribution < 1.29 is 18.0 Å². The Bertz CT molecular complexity index is 763. The molecule has 1 N–H and O–H groups in total. The molecule has 0 spiro atoms. The molecule has 0 atom stereocenters. The molecule has 0 unspecified atom stereocenters. The van der Waals surface area contributed by atoms with Gasteiger partial charge in [0.1, 0.15) is 5.82 Å². The highest BCUT2D eigenvalue weighted by atomic mass is 19.4. The summed E-state index contributed by atoms with van der Waals surface area (Å²) in [5.74, 6) is 0.717. The highest BCUT2D eigenvalue weighted by Crippen LogP contribution is 2.39. The second kappa shape index (κ2) is 5.36. The summed E-state index contributed by atoms with van der Waals surface area (Å²) in [5.41, 5.74) is -0.815. The average molecular weight is 324 g/mol. The van der Waals surface area contributed by atoms with Crippen LogP contribution in [0.15, 0.2) is 18.2 Å². The van der Waals surface area contributed by atoms with Crippen LogP contribution in [0, 0.1) is 6.92 Å². The van der Waals surface area contributed by atoms with E-state index in [0.29, 0.717) is 5.92 Å².